The van der Waals surface area contributed by atoms with Crippen LogP contribution in [0, 0.1) is 13.8 Å². The van der Waals surface area contributed by atoms with Gasteiger partial charge in [-0.25, -0.2) is 4.98 Å². The van der Waals surface area contributed by atoms with Crippen LogP contribution in [0.1, 0.15) is 21.1 Å². The van der Waals surface area contributed by atoms with Crippen LogP contribution in [0.2, 0.25) is 0 Å². The number of rotatable bonds is 6. The number of amides is 1. The number of nitrogens with two attached hydrogens (primary N) is 1. The molecule has 1 amide bonds. The van der Waals surface area contributed by atoms with Gasteiger partial charge in [-0.2, -0.15) is 0 Å². The number of thiazole rings is 1. The van der Waals surface area contributed by atoms with Crippen LogP contribution in [0.5, 0.6) is 0 Å². The molecule has 0 aliphatic rings. The largest absolute Gasteiger partial charge is 0.354 e. The fourth-order valence-corrected chi connectivity index (χ4v) is 2.96. The summed E-state index contributed by atoms with van der Waals surface area (Å²) in [6.45, 7) is 4.64. The highest BCUT2D eigenvalue weighted by Crippen LogP contribution is 2.16. The van der Waals surface area contributed by atoms with E-state index in [1.165, 1.54) is 4.88 Å². The summed E-state index contributed by atoms with van der Waals surface area (Å²) in [5.41, 5.74) is 8.08. The molecule has 7 heteroatoms. The van der Waals surface area contributed by atoms with E-state index in [0.717, 1.165) is 22.7 Å². The predicted molar refractivity (Wildman–Crippen MR) is 101 cm³/mol. The minimum Gasteiger partial charge on any atom is -0.354 e. The molecule has 0 fully saturated rings. The van der Waals surface area contributed by atoms with E-state index in [1.807, 2.05) is 37.3 Å². The summed E-state index contributed by atoms with van der Waals surface area (Å²) in [4.78, 5) is 17.6. The summed E-state index contributed by atoms with van der Waals surface area (Å²) in [5.74, 6) is -0.108. The molecule has 0 aliphatic heterocycles. The van der Waals surface area contributed by atoms with Crippen molar-refractivity contribution in [3.8, 4) is 0 Å². The maximum absolute atomic E-state index is 12.0. The summed E-state index contributed by atoms with van der Waals surface area (Å²) in [5, 5.41) is 3.94. The summed E-state index contributed by atoms with van der Waals surface area (Å²) in [6, 6.07) is 9.31. The first-order chi connectivity index (χ1) is 10.1. The van der Waals surface area contributed by atoms with Crippen molar-refractivity contribution in [3.63, 3.8) is 0 Å². The van der Waals surface area contributed by atoms with Gasteiger partial charge >= 0.3 is 0 Å². The first-order valence-corrected chi connectivity index (χ1v) is 7.88. The number of benzene rings is 1. The van der Waals surface area contributed by atoms with E-state index >= 15 is 0 Å². The van der Waals surface area contributed by atoms with Gasteiger partial charge in [-0.3, -0.25) is 4.79 Å². The molecule has 1 aromatic carbocycles. The van der Waals surface area contributed by atoms with Crippen LogP contribution >= 0.6 is 36.2 Å². The quantitative estimate of drug-likeness (QED) is 0.815. The Labute approximate surface area is 153 Å². The summed E-state index contributed by atoms with van der Waals surface area (Å²) in [7, 11) is 0. The fourth-order valence-electron chi connectivity index (χ4n) is 2.03. The van der Waals surface area contributed by atoms with Gasteiger partial charge in [0.25, 0.3) is 0 Å². The van der Waals surface area contributed by atoms with Gasteiger partial charge in [0.2, 0.25) is 5.91 Å². The van der Waals surface area contributed by atoms with Gasteiger partial charge < -0.3 is 11.1 Å². The summed E-state index contributed by atoms with van der Waals surface area (Å²) < 4.78 is 0. The van der Waals surface area contributed by atoms with E-state index in [2.05, 4.69) is 17.2 Å². The van der Waals surface area contributed by atoms with Gasteiger partial charge in [0.15, 0.2) is 0 Å². The molecule has 0 bridgehead atoms. The number of nitrogens with one attached hydrogen (secondary N) is 1. The summed E-state index contributed by atoms with van der Waals surface area (Å²) in [6.07, 6.45) is 1.31. The third kappa shape index (κ3) is 6.87. The zero-order chi connectivity index (χ0) is 15.2. The Morgan fingerprint density at radius 2 is 1.91 bits per heavy atom. The lowest BCUT2D eigenvalue weighted by Crippen LogP contribution is -2.42. The molecule has 0 spiro atoms. The molecule has 0 aliphatic carbocycles. The van der Waals surface area contributed by atoms with E-state index in [4.69, 9.17) is 5.73 Å². The van der Waals surface area contributed by atoms with Crippen molar-refractivity contribution in [2.75, 3.05) is 6.54 Å². The van der Waals surface area contributed by atoms with Crippen LogP contribution in [0.3, 0.4) is 0 Å². The lowest BCUT2D eigenvalue weighted by molar-refractivity contribution is -0.122. The third-order valence-electron chi connectivity index (χ3n) is 3.35. The van der Waals surface area contributed by atoms with E-state index in [-0.39, 0.29) is 30.7 Å². The second-order valence-corrected chi connectivity index (χ2v) is 6.37. The normalized spacial score (nSPS) is 11.1. The van der Waals surface area contributed by atoms with Crippen LogP contribution in [0.15, 0.2) is 30.3 Å². The minimum atomic E-state index is -0.507. The molecule has 0 saturated heterocycles. The van der Waals surface area contributed by atoms with Gasteiger partial charge in [-0.1, -0.05) is 30.3 Å². The third-order valence-corrected chi connectivity index (χ3v) is 4.48. The number of aryl methyl sites for hydroxylation is 2. The zero-order valence-electron chi connectivity index (χ0n) is 13.2. The Morgan fingerprint density at radius 1 is 1.26 bits per heavy atom. The average Bonchev–Trinajstić information content (AvgIpc) is 2.78. The Balaban J connectivity index is 0.00000242. The maximum Gasteiger partial charge on any atom is 0.237 e. The monoisotopic (exact) mass is 375 g/mol. The molecule has 23 heavy (non-hydrogen) atoms. The van der Waals surface area contributed by atoms with E-state index in [1.54, 1.807) is 11.3 Å². The number of carbonyl (C=O) groups excluding carboxylic acids is 1. The first-order valence-electron chi connectivity index (χ1n) is 7.06. The molecule has 0 saturated carbocycles. The molecule has 128 valence electrons. The van der Waals surface area contributed by atoms with Crippen LogP contribution in [-0.2, 0) is 17.6 Å². The van der Waals surface area contributed by atoms with Gasteiger partial charge in [0.1, 0.15) is 0 Å². The fraction of sp³-hybridized carbons (Fsp3) is 0.375. The number of hydrogen-bond donors (Lipinski definition) is 2. The molecule has 1 unspecified atom stereocenters. The lowest BCUT2D eigenvalue weighted by Gasteiger charge is -2.11. The van der Waals surface area contributed by atoms with Crippen molar-refractivity contribution in [3.05, 3.63) is 51.5 Å². The van der Waals surface area contributed by atoms with Crippen molar-refractivity contribution in [2.24, 2.45) is 5.73 Å². The maximum atomic E-state index is 12.0. The molecular formula is C16H23Cl2N3OS. The number of halogens is 2. The van der Waals surface area contributed by atoms with Crippen molar-refractivity contribution in [1.82, 2.24) is 10.3 Å². The lowest BCUT2D eigenvalue weighted by atomic mass is 10.1. The molecule has 1 atom stereocenters. The van der Waals surface area contributed by atoms with Crippen molar-refractivity contribution in [2.45, 2.75) is 32.7 Å². The van der Waals surface area contributed by atoms with Crippen molar-refractivity contribution in [1.29, 1.82) is 0 Å². The number of hydrogen-bond acceptors (Lipinski definition) is 4. The second-order valence-electron chi connectivity index (χ2n) is 5.09. The first kappa shape index (κ1) is 21.9. The van der Waals surface area contributed by atoms with E-state index < -0.39 is 6.04 Å². The smallest absolute Gasteiger partial charge is 0.237 e. The molecule has 4 nitrogen and oxygen atoms in total. The molecule has 2 aromatic rings. The highest BCUT2D eigenvalue weighted by atomic mass is 35.5. The van der Waals surface area contributed by atoms with Crippen LogP contribution in [0.25, 0.3) is 0 Å². The number of carbonyl (C=O) groups is 1. The number of aromatic nitrogens is 1. The topological polar surface area (TPSA) is 68.0 Å². The highest BCUT2D eigenvalue weighted by molar-refractivity contribution is 7.11. The molecule has 3 N–H and O–H groups in total. The van der Waals surface area contributed by atoms with E-state index in [0.29, 0.717) is 13.0 Å². The van der Waals surface area contributed by atoms with Crippen LogP contribution in [-0.4, -0.2) is 23.5 Å². The predicted octanol–water partition coefficient (Wildman–Crippen LogP) is 2.83. The van der Waals surface area contributed by atoms with Gasteiger partial charge in [-0.15, -0.1) is 36.2 Å². The number of nitrogens with zero attached hydrogens (tertiary/aromatic N) is 1. The molecule has 0 radical (unpaired) electrons. The van der Waals surface area contributed by atoms with Gasteiger partial charge in [-0.05, 0) is 25.8 Å². The van der Waals surface area contributed by atoms with E-state index in [9.17, 15) is 4.79 Å². The Morgan fingerprint density at radius 3 is 2.48 bits per heavy atom. The Kier molecular flexibility index (Phi) is 10.1. The SMILES string of the molecule is Cc1nc(CCNC(=O)C(N)Cc2ccccc2)sc1C.Cl.Cl. The minimum absolute atomic E-state index is 0. The molecular weight excluding hydrogens is 353 g/mol. The van der Waals surface area contributed by atoms with Gasteiger partial charge in [0, 0.05) is 17.8 Å². The van der Waals surface area contributed by atoms with Gasteiger partial charge in [0.05, 0.1) is 16.7 Å². The molecule has 2 rings (SSSR count). The second kappa shape index (κ2) is 10.6. The van der Waals surface area contributed by atoms with Crippen LogP contribution < -0.4 is 11.1 Å². The average molecular weight is 376 g/mol. The zero-order valence-corrected chi connectivity index (χ0v) is 15.7. The van der Waals surface area contributed by atoms with Crippen molar-refractivity contribution < 1.29 is 4.79 Å². The molecule has 1 aromatic heterocycles. The standard InChI is InChI=1S/C16H21N3OS.2ClH/c1-11-12(2)21-15(19-11)8-9-18-16(20)14(17)10-13-6-4-3-5-7-13;;/h3-7,14H,8-10,17H2,1-2H3,(H,18,20);2*1H. The molecule has 1 heterocycles. The summed E-state index contributed by atoms with van der Waals surface area (Å²) >= 11 is 1.68. The Bertz CT molecular complexity index is 585. The van der Waals surface area contributed by atoms with Crippen LogP contribution in [0.4, 0.5) is 0 Å². The van der Waals surface area contributed by atoms with Crippen molar-refractivity contribution >= 4 is 42.1 Å². The highest BCUT2D eigenvalue weighted by Gasteiger charge is 2.13. The Hall–Kier alpha value is -1.14.